The van der Waals surface area contributed by atoms with Crippen molar-refractivity contribution in [3.63, 3.8) is 0 Å². The number of carbonyl (C=O) groups is 1. The van der Waals surface area contributed by atoms with E-state index < -0.39 is 0 Å². The van der Waals surface area contributed by atoms with Gasteiger partial charge in [-0.15, -0.1) is 11.3 Å². The Morgan fingerprint density at radius 2 is 2.18 bits per heavy atom. The van der Waals surface area contributed by atoms with Crippen molar-refractivity contribution in [2.75, 3.05) is 13.1 Å². The molecule has 1 aliphatic heterocycles. The van der Waals surface area contributed by atoms with Gasteiger partial charge in [-0.2, -0.15) is 0 Å². The average Bonchev–Trinajstić information content (AvgIpc) is 2.99. The van der Waals surface area contributed by atoms with E-state index in [1.54, 1.807) is 0 Å². The number of aromatic nitrogens is 1. The zero-order chi connectivity index (χ0) is 15.7. The fourth-order valence-electron chi connectivity index (χ4n) is 2.62. The molecule has 2 unspecified atom stereocenters. The Kier molecular flexibility index (Phi) is 4.47. The molecule has 0 bridgehead atoms. The molecule has 1 aliphatic rings. The van der Waals surface area contributed by atoms with Crippen LogP contribution in [-0.2, 0) is 0 Å². The van der Waals surface area contributed by atoms with Gasteiger partial charge in [0.1, 0.15) is 10.7 Å². The Morgan fingerprint density at radius 3 is 2.95 bits per heavy atom. The molecule has 1 amide bonds. The SMILES string of the molecule is CC1NCCN(C(=O)c2csc(-c3ccccc3Cl)n2)C1C. The highest BCUT2D eigenvalue weighted by Gasteiger charge is 2.30. The van der Waals surface area contributed by atoms with Crippen LogP contribution in [0, 0.1) is 0 Å². The predicted molar refractivity (Wildman–Crippen MR) is 90.5 cm³/mol. The molecule has 22 heavy (non-hydrogen) atoms. The number of halogens is 1. The summed E-state index contributed by atoms with van der Waals surface area (Å²) in [5.74, 6) is -0.00426. The molecular formula is C16H18ClN3OS. The summed E-state index contributed by atoms with van der Waals surface area (Å²) in [7, 11) is 0. The number of carbonyl (C=O) groups excluding carboxylic acids is 1. The predicted octanol–water partition coefficient (Wildman–Crippen LogP) is 3.29. The quantitative estimate of drug-likeness (QED) is 0.916. The Bertz CT molecular complexity index is 688. The van der Waals surface area contributed by atoms with Gasteiger partial charge in [0, 0.05) is 36.1 Å². The monoisotopic (exact) mass is 335 g/mol. The van der Waals surface area contributed by atoms with Gasteiger partial charge in [-0.1, -0.05) is 29.8 Å². The molecule has 1 fully saturated rings. The maximum Gasteiger partial charge on any atom is 0.273 e. The van der Waals surface area contributed by atoms with Crippen LogP contribution in [0.2, 0.25) is 5.02 Å². The standard InChI is InChI=1S/C16H18ClN3OS/c1-10-11(2)20(8-7-18-10)16(21)14-9-22-15(19-14)12-5-3-4-6-13(12)17/h3-6,9-11,18H,7-8H2,1-2H3. The van der Waals surface area contributed by atoms with Crippen molar-refractivity contribution in [3.8, 4) is 10.6 Å². The molecule has 1 aromatic carbocycles. The van der Waals surface area contributed by atoms with Gasteiger partial charge in [-0.25, -0.2) is 4.98 Å². The molecule has 0 saturated carbocycles. The van der Waals surface area contributed by atoms with E-state index in [1.165, 1.54) is 11.3 Å². The first kappa shape index (κ1) is 15.5. The molecule has 4 nitrogen and oxygen atoms in total. The largest absolute Gasteiger partial charge is 0.332 e. The summed E-state index contributed by atoms with van der Waals surface area (Å²) >= 11 is 7.65. The van der Waals surface area contributed by atoms with Crippen LogP contribution in [0.3, 0.4) is 0 Å². The third-order valence-electron chi connectivity index (χ3n) is 4.12. The van der Waals surface area contributed by atoms with E-state index in [4.69, 9.17) is 11.6 Å². The molecule has 2 heterocycles. The van der Waals surface area contributed by atoms with E-state index in [9.17, 15) is 4.79 Å². The van der Waals surface area contributed by atoms with Crippen LogP contribution in [0.25, 0.3) is 10.6 Å². The van der Waals surface area contributed by atoms with Crippen LogP contribution in [0.15, 0.2) is 29.6 Å². The Hall–Kier alpha value is -1.43. The van der Waals surface area contributed by atoms with Crippen molar-refractivity contribution in [2.45, 2.75) is 25.9 Å². The average molecular weight is 336 g/mol. The van der Waals surface area contributed by atoms with Crippen molar-refractivity contribution in [1.29, 1.82) is 0 Å². The Morgan fingerprint density at radius 1 is 1.41 bits per heavy atom. The first-order valence-electron chi connectivity index (χ1n) is 7.32. The smallest absolute Gasteiger partial charge is 0.273 e. The Labute approximate surface area is 139 Å². The van der Waals surface area contributed by atoms with E-state index >= 15 is 0 Å². The first-order chi connectivity index (χ1) is 10.6. The number of thiazole rings is 1. The number of amides is 1. The van der Waals surface area contributed by atoms with Gasteiger partial charge in [0.2, 0.25) is 0 Å². The molecule has 116 valence electrons. The number of hydrogen-bond acceptors (Lipinski definition) is 4. The lowest BCUT2D eigenvalue weighted by Crippen LogP contribution is -2.57. The van der Waals surface area contributed by atoms with Crippen LogP contribution in [0.1, 0.15) is 24.3 Å². The van der Waals surface area contributed by atoms with E-state index in [1.807, 2.05) is 34.5 Å². The van der Waals surface area contributed by atoms with Gasteiger partial charge in [0.15, 0.2) is 0 Å². The van der Waals surface area contributed by atoms with Crippen LogP contribution in [-0.4, -0.2) is 41.0 Å². The second-order valence-corrected chi connectivity index (χ2v) is 6.76. The normalized spacial score (nSPS) is 21.9. The molecule has 6 heteroatoms. The highest BCUT2D eigenvalue weighted by Crippen LogP contribution is 2.30. The van der Waals surface area contributed by atoms with Gasteiger partial charge in [-0.3, -0.25) is 4.79 Å². The minimum Gasteiger partial charge on any atom is -0.332 e. The lowest BCUT2D eigenvalue weighted by Gasteiger charge is -2.38. The summed E-state index contributed by atoms with van der Waals surface area (Å²) in [6, 6.07) is 8.01. The van der Waals surface area contributed by atoms with Crippen molar-refractivity contribution in [3.05, 3.63) is 40.4 Å². The van der Waals surface area contributed by atoms with E-state index in [-0.39, 0.29) is 11.9 Å². The van der Waals surface area contributed by atoms with E-state index in [0.29, 0.717) is 23.3 Å². The van der Waals surface area contributed by atoms with Gasteiger partial charge < -0.3 is 10.2 Å². The summed E-state index contributed by atoms with van der Waals surface area (Å²) in [5.41, 5.74) is 1.37. The van der Waals surface area contributed by atoms with E-state index in [2.05, 4.69) is 24.1 Å². The van der Waals surface area contributed by atoms with Crippen molar-refractivity contribution >= 4 is 28.8 Å². The highest BCUT2D eigenvalue weighted by molar-refractivity contribution is 7.13. The summed E-state index contributed by atoms with van der Waals surface area (Å²) in [6.07, 6.45) is 0. The minimum atomic E-state index is -0.00426. The van der Waals surface area contributed by atoms with E-state index in [0.717, 1.165) is 17.1 Å². The molecule has 2 atom stereocenters. The first-order valence-corrected chi connectivity index (χ1v) is 8.58. The zero-order valence-corrected chi connectivity index (χ0v) is 14.1. The summed E-state index contributed by atoms with van der Waals surface area (Å²) in [5, 5.41) is 6.63. The second-order valence-electron chi connectivity index (χ2n) is 5.50. The second kappa shape index (κ2) is 6.36. The van der Waals surface area contributed by atoms with Gasteiger partial charge in [-0.05, 0) is 19.9 Å². The highest BCUT2D eigenvalue weighted by atomic mass is 35.5. The maximum absolute atomic E-state index is 12.7. The zero-order valence-electron chi connectivity index (χ0n) is 12.5. The molecule has 1 aromatic heterocycles. The number of nitrogens with zero attached hydrogens (tertiary/aromatic N) is 2. The number of nitrogens with one attached hydrogen (secondary N) is 1. The van der Waals surface area contributed by atoms with Crippen molar-refractivity contribution < 1.29 is 4.79 Å². The summed E-state index contributed by atoms with van der Waals surface area (Å²) in [6.45, 7) is 5.69. The van der Waals surface area contributed by atoms with Crippen LogP contribution in [0.5, 0.6) is 0 Å². The third kappa shape index (κ3) is 2.89. The number of benzene rings is 1. The molecular weight excluding hydrogens is 318 g/mol. The fraction of sp³-hybridized carbons (Fsp3) is 0.375. The van der Waals surface area contributed by atoms with Crippen molar-refractivity contribution in [1.82, 2.24) is 15.2 Å². The van der Waals surface area contributed by atoms with Crippen molar-refractivity contribution in [2.24, 2.45) is 0 Å². The number of rotatable bonds is 2. The molecule has 0 aliphatic carbocycles. The summed E-state index contributed by atoms with van der Waals surface area (Å²) in [4.78, 5) is 19.1. The molecule has 3 rings (SSSR count). The summed E-state index contributed by atoms with van der Waals surface area (Å²) < 4.78 is 0. The topological polar surface area (TPSA) is 45.2 Å². The lowest BCUT2D eigenvalue weighted by molar-refractivity contribution is 0.0598. The van der Waals surface area contributed by atoms with Gasteiger partial charge >= 0.3 is 0 Å². The van der Waals surface area contributed by atoms with Crippen LogP contribution in [0.4, 0.5) is 0 Å². The molecule has 2 aromatic rings. The molecule has 1 N–H and O–H groups in total. The molecule has 1 saturated heterocycles. The van der Waals surface area contributed by atoms with Gasteiger partial charge in [0.25, 0.3) is 5.91 Å². The Balaban J connectivity index is 1.85. The lowest BCUT2D eigenvalue weighted by atomic mass is 10.1. The number of hydrogen-bond donors (Lipinski definition) is 1. The minimum absolute atomic E-state index is 0.00426. The van der Waals surface area contributed by atoms with Gasteiger partial charge in [0.05, 0.1) is 5.02 Å². The molecule has 0 radical (unpaired) electrons. The third-order valence-corrected chi connectivity index (χ3v) is 5.33. The number of piperazine rings is 1. The van der Waals surface area contributed by atoms with Crippen LogP contribution < -0.4 is 5.32 Å². The maximum atomic E-state index is 12.7. The van der Waals surface area contributed by atoms with Crippen LogP contribution >= 0.6 is 22.9 Å². The molecule has 0 spiro atoms. The fourth-order valence-corrected chi connectivity index (χ4v) is 3.73.